The Hall–Kier alpha value is 1.63. The van der Waals surface area contributed by atoms with Gasteiger partial charge in [-0.1, -0.05) is 39.3 Å². The molecule has 0 aliphatic heterocycles. The SMILES string of the molecule is C[Si](C)(C)[CH-][Si](C)(C)C.[La]. The van der Waals surface area contributed by atoms with Crippen molar-refractivity contribution in [2.24, 2.45) is 0 Å². The van der Waals surface area contributed by atoms with Crippen LogP contribution >= 0.6 is 0 Å². The molecule has 0 aromatic carbocycles. The molecule has 0 aliphatic carbocycles. The van der Waals surface area contributed by atoms with Crippen LogP contribution in [0.1, 0.15) is 0 Å². The van der Waals surface area contributed by atoms with Gasteiger partial charge in [-0.05, 0) is 0 Å². The number of hydrogen-bond acceptors (Lipinski definition) is 0. The van der Waals surface area contributed by atoms with Gasteiger partial charge in [0.2, 0.25) is 0 Å². The van der Waals surface area contributed by atoms with Gasteiger partial charge >= 0.3 is 0 Å². The first-order chi connectivity index (χ1) is 3.71. The molecule has 0 saturated carbocycles. The van der Waals surface area contributed by atoms with Gasteiger partial charge in [-0.3, -0.25) is 0 Å². The van der Waals surface area contributed by atoms with Crippen LogP contribution in [0.25, 0.3) is 0 Å². The minimum atomic E-state index is -0.856. The molecule has 0 fully saturated rings. The first-order valence-electron chi connectivity index (χ1n) is 3.58. The standard InChI is InChI=1S/C7H19Si2.La/c1-8(2,3)7-9(4,5)6;/h7H,1-6H3;/q-1;. The molecule has 0 spiro atoms. The molecule has 0 aromatic heterocycles. The molecule has 59 valence electrons. The molecule has 0 heterocycles. The Morgan fingerprint density at radius 2 is 0.900 bits per heavy atom. The van der Waals surface area contributed by atoms with Gasteiger partial charge in [0.1, 0.15) is 0 Å². The Morgan fingerprint density at radius 3 is 0.900 bits per heavy atom. The second-order valence-electron chi connectivity index (χ2n) is 4.88. The molecule has 0 N–H and O–H groups in total. The van der Waals surface area contributed by atoms with E-state index in [-0.39, 0.29) is 35.6 Å². The van der Waals surface area contributed by atoms with E-state index in [4.69, 9.17) is 0 Å². The van der Waals surface area contributed by atoms with Crippen LogP contribution in [0, 0.1) is 41.3 Å². The Balaban J connectivity index is 0. The van der Waals surface area contributed by atoms with E-state index in [1.54, 1.807) is 0 Å². The maximum absolute atomic E-state index is 2.65. The van der Waals surface area contributed by atoms with E-state index in [0.717, 1.165) is 0 Å². The van der Waals surface area contributed by atoms with Crippen molar-refractivity contribution < 1.29 is 35.6 Å². The summed E-state index contributed by atoms with van der Waals surface area (Å²) in [6.45, 7) is 14.4. The summed E-state index contributed by atoms with van der Waals surface area (Å²) < 4.78 is 0. The Labute approximate surface area is 95.8 Å². The summed E-state index contributed by atoms with van der Waals surface area (Å²) in [5.41, 5.74) is 2.65. The van der Waals surface area contributed by atoms with Gasteiger partial charge in [-0.2, -0.15) is 0 Å². The molecule has 3 heteroatoms. The summed E-state index contributed by atoms with van der Waals surface area (Å²) in [6.07, 6.45) is 0. The molecular weight excluding hydrogens is 279 g/mol. The third kappa shape index (κ3) is 12.3. The zero-order chi connectivity index (χ0) is 7.71. The average Bonchev–Trinajstić information content (AvgIpc) is 1.14. The predicted octanol–water partition coefficient (Wildman–Crippen LogP) is 2.95. The quantitative estimate of drug-likeness (QED) is 0.543. The fraction of sp³-hybridized carbons (Fsp3) is 0.857. The molecule has 0 aliphatic rings. The van der Waals surface area contributed by atoms with Crippen LogP contribution in [0.4, 0.5) is 0 Å². The molecule has 1 radical (unpaired) electrons. The Kier molecular flexibility index (Phi) is 6.52. The van der Waals surface area contributed by atoms with Crippen LogP contribution in [0.3, 0.4) is 0 Å². The summed E-state index contributed by atoms with van der Waals surface area (Å²) in [6, 6.07) is 0. The third-order valence-electron chi connectivity index (χ3n) is 0.866. The molecule has 0 saturated heterocycles. The van der Waals surface area contributed by atoms with E-state index in [1.807, 2.05) is 0 Å². The molecule has 0 atom stereocenters. The van der Waals surface area contributed by atoms with Gasteiger partial charge in [-0.15, -0.1) is 16.1 Å². The third-order valence-corrected chi connectivity index (χ3v) is 7.79. The van der Waals surface area contributed by atoms with Crippen molar-refractivity contribution in [3.63, 3.8) is 0 Å². The van der Waals surface area contributed by atoms with Crippen molar-refractivity contribution in [3.05, 3.63) is 5.67 Å². The van der Waals surface area contributed by atoms with Crippen LogP contribution < -0.4 is 0 Å². The Bertz CT molecular complexity index is 76.8. The van der Waals surface area contributed by atoms with Crippen molar-refractivity contribution >= 4 is 16.1 Å². The molecule has 0 rings (SSSR count). The van der Waals surface area contributed by atoms with Crippen molar-refractivity contribution in [1.29, 1.82) is 0 Å². The predicted molar refractivity (Wildman–Crippen MR) is 51.0 cm³/mol. The molecule has 0 unspecified atom stereocenters. The fourth-order valence-electron chi connectivity index (χ4n) is 1.30. The second kappa shape index (κ2) is 4.60. The average molecular weight is 298 g/mol. The number of hydrogen-bond donors (Lipinski definition) is 0. The van der Waals surface area contributed by atoms with E-state index >= 15 is 0 Å². The van der Waals surface area contributed by atoms with Gasteiger partial charge < -0.3 is 5.67 Å². The molecule has 0 nitrogen and oxygen atoms in total. The second-order valence-corrected chi connectivity index (χ2v) is 15.5. The van der Waals surface area contributed by atoms with Gasteiger partial charge in [0.25, 0.3) is 0 Å². The summed E-state index contributed by atoms with van der Waals surface area (Å²) in [5.74, 6) is 0. The molecule has 0 amide bonds. The van der Waals surface area contributed by atoms with Crippen molar-refractivity contribution in [1.82, 2.24) is 0 Å². The monoisotopic (exact) mass is 298 g/mol. The van der Waals surface area contributed by atoms with E-state index < -0.39 is 16.1 Å². The van der Waals surface area contributed by atoms with E-state index in [1.165, 1.54) is 0 Å². The minimum Gasteiger partial charge on any atom is -0.327 e. The zero-order valence-corrected chi connectivity index (χ0v) is 13.8. The Morgan fingerprint density at radius 1 is 0.700 bits per heavy atom. The van der Waals surface area contributed by atoms with Crippen LogP contribution in [0.5, 0.6) is 0 Å². The molecular formula is C7H19LaSi2-. The normalized spacial score (nSPS) is 12.6. The summed E-state index contributed by atoms with van der Waals surface area (Å²) >= 11 is 0. The van der Waals surface area contributed by atoms with Crippen LogP contribution in [0.15, 0.2) is 0 Å². The fourth-order valence-corrected chi connectivity index (χ4v) is 11.7. The smallest absolute Gasteiger partial charge is 0 e. The van der Waals surface area contributed by atoms with E-state index in [2.05, 4.69) is 44.9 Å². The summed E-state index contributed by atoms with van der Waals surface area (Å²) in [4.78, 5) is 0. The molecule has 0 bridgehead atoms. The van der Waals surface area contributed by atoms with Gasteiger partial charge in [-0.25, -0.2) is 0 Å². The molecule has 0 aromatic rings. The van der Waals surface area contributed by atoms with Crippen LogP contribution in [0.2, 0.25) is 39.3 Å². The first kappa shape index (κ1) is 14.2. The van der Waals surface area contributed by atoms with Crippen LogP contribution in [-0.2, 0) is 0 Å². The van der Waals surface area contributed by atoms with E-state index in [9.17, 15) is 0 Å². The largest absolute Gasteiger partial charge is 0.327 e. The topological polar surface area (TPSA) is 0 Å². The number of rotatable bonds is 2. The maximum Gasteiger partial charge on any atom is 0 e. The van der Waals surface area contributed by atoms with Gasteiger partial charge in [0.15, 0.2) is 0 Å². The van der Waals surface area contributed by atoms with Crippen molar-refractivity contribution in [2.75, 3.05) is 0 Å². The van der Waals surface area contributed by atoms with Crippen molar-refractivity contribution in [3.8, 4) is 0 Å². The summed E-state index contributed by atoms with van der Waals surface area (Å²) in [5, 5.41) is 0. The zero-order valence-electron chi connectivity index (χ0n) is 8.15. The van der Waals surface area contributed by atoms with E-state index in [0.29, 0.717) is 0 Å². The maximum atomic E-state index is 2.65. The summed E-state index contributed by atoms with van der Waals surface area (Å²) in [7, 11) is -1.71. The van der Waals surface area contributed by atoms with Gasteiger partial charge in [0.05, 0.1) is 0 Å². The van der Waals surface area contributed by atoms with Crippen molar-refractivity contribution in [2.45, 2.75) is 39.3 Å². The minimum absolute atomic E-state index is 0. The van der Waals surface area contributed by atoms with Crippen LogP contribution in [-0.4, -0.2) is 16.1 Å². The molecule has 10 heavy (non-hydrogen) atoms. The first-order valence-corrected chi connectivity index (χ1v) is 10.7. The van der Waals surface area contributed by atoms with Gasteiger partial charge in [0, 0.05) is 35.6 Å².